The van der Waals surface area contributed by atoms with E-state index < -0.39 is 9.84 Å². The Kier molecular flexibility index (Phi) is 6.39. The molecule has 0 bridgehead atoms. The Hall–Kier alpha value is -1.35. The summed E-state index contributed by atoms with van der Waals surface area (Å²) in [7, 11) is -2.90. The number of carbonyl (C=O) groups is 1. The van der Waals surface area contributed by atoms with E-state index in [1.54, 1.807) is 0 Å². The summed E-state index contributed by atoms with van der Waals surface area (Å²) in [6, 6.07) is 0. The van der Waals surface area contributed by atoms with E-state index in [4.69, 9.17) is 4.42 Å². The number of allylic oxidation sites excluding steroid dienone is 2. The standard InChI is InChI=1S/C17H25N3O4S2/c1-2-20(14-6-4-3-5-7-14)16(21)11-25-17-19-18-15(24-17)10-13-8-9-26(22,23)12-13/h6,13H,2-5,7-12H2,1H3. The first-order chi connectivity index (χ1) is 12.5. The van der Waals surface area contributed by atoms with Crippen LogP contribution < -0.4 is 0 Å². The molecule has 3 rings (SSSR count). The Bertz CT molecular complexity index is 773. The van der Waals surface area contributed by atoms with E-state index in [1.807, 2.05) is 11.8 Å². The monoisotopic (exact) mass is 399 g/mol. The Balaban J connectivity index is 1.51. The number of amides is 1. The molecule has 1 saturated heterocycles. The summed E-state index contributed by atoms with van der Waals surface area (Å²) in [6.07, 6.45) is 7.61. The van der Waals surface area contributed by atoms with Crippen molar-refractivity contribution in [2.75, 3.05) is 23.8 Å². The lowest BCUT2D eigenvalue weighted by molar-refractivity contribution is -0.126. The molecule has 2 heterocycles. The summed E-state index contributed by atoms with van der Waals surface area (Å²) in [5.74, 6) is 1.23. The molecular weight excluding hydrogens is 374 g/mol. The molecule has 2 aliphatic rings. The van der Waals surface area contributed by atoms with Crippen molar-refractivity contribution in [3.05, 3.63) is 17.7 Å². The summed E-state index contributed by atoms with van der Waals surface area (Å²) in [6.45, 7) is 2.65. The third-order valence-electron chi connectivity index (χ3n) is 4.79. The van der Waals surface area contributed by atoms with Gasteiger partial charge in [0, 0.05) is 18.7 Å². The molecule has 0 spiro atoms. The largest absolute Gasteiger partial charge is 0.416 e. The fraction of sp³-hybridized carbons (Fsp3) is 0.706. The van der Waals surface area contributed by atoms with Crippen LogP contribution in [0.1, 0.15) is 44.9 Å². The zero-order chi connectivity index (χ0) is 18.6. The highest BCUT2D eigenvalue weighted by atomic mass is 32.2. The van der Waals surface area contributed by atoms with Crippen LogP contribution in [0.5, 0.6) is 0 Å². The Morgan fingerprint density at radius 1 is 1.38 bits per heavy atom. The van der Waals surface area contributed by atoms with Crippen LogP contribution >= 0.6 is 11.8 Å². The van der Waals surface area contributed by atoms with Crippen LogP contribution in [0, 0.1) is 5.92 Å². The molecule has 1 fully saturated rings. The first-order valence-corrected chi connectivity index (χ1v) is 11.9. The second-order valence-corrected chi connectivity index (χ2v) is 9.96. The third kappa shape index (κ3) is 5.09. The van der Waals surface area contributed by atoms with Gasteiger partial charge in [0.05, 0.1) is 17.3 Å². The minimum atomic E-state index is -2.90. The normalized spacial score (nSPS) is 22.2. The lowest BCUT2D eigenvalue weighted by atomic mass is 10.0. The topological polar surface area (TPSA) is 93.4 Å². The Labute approximate surface area is 158 Å². The van der Waals surface area contributed by atoms with Gasteiger partial charge in [-0.15, -0.1) is 10.2 Å². The predicted molar refractivity (Wildman–Crippen MR) is 99.4 cm³/mol. The lowest BCUT2D eigenvalue weighted by Gasteiger charge is -2.26. The van der Waals surface area contributed by atoms with Gasteiger partial charge in [0.25, 0.3) is 5.22 Å². The molecule has 1 amide bonds. The number of carbonyl (C=O) groups excluding carboxylic acids is 1. The molecule has 1 atom stereocenters. The van der Waals surface area contributed by atoms with Crippen molar-refractivity contribution in [3.8, 4) is 0 Å². The maximum absolute atomic E-state index is 12.5. The number of sulfone groups is 1. The fourth-order valence-corrected chi connectivity index (χ4v) is 5.98. The van der Waals surface area contributed by atoms with Crippen molar-refractivity contribution in [2.45, 2.75) is 50.7 Å². The van der Waals surface area contributed by atoms with Crippen molar-refractivity contribution in [2.24, 2.45) is 5.92 Å². The van der Waals surface area contributed by atoms with Crippen molar-refractivity contribution in [1.82, 2.24) is 15.1 Å². The van der Waals surface area contributed by atoms with Crippen LogP contribution in [0.4, 0.5) is 0 Å². The van der Waals surface area contributed by atoms with Crippen molar-refractivity contribution in [3.63, 3.8) is 0 Å². The number of hydrogen-bond donors (Lipinski definition) is 0. The molecule has 0 N–H and O–H groups in total. The third-order valence-corrected chi connectivity index (χ3v) is 7.43. The van der Waals surface area contributed by atoms with E-state index in [0.717, 1.165) is 25.0 Å². The smallest absolute Gasteiger partial charge is 0.277 e. The highest BCUT2D eigenvalue weighted by Crippen LogP contribution is 2.25. The van der Waals surface area contributed by atoms with Gasteiger partial charge in [-0.3, -0.25) is 4.79 Å². The summed E-state index contributed by atoms with van der Waals surface area (Å²) >= 11 is 1.24. The van der Waals surface area contributed by atoms with Gasteiger partial charge >= 0.3 is 0 Å². The second kappa shape index (κ2) is 8.56. The summed E-state index contributed by atoms with van der Waals surface area (Å²) in [5, 5.41) is 8.33. The molecule has 1 aliphatic heterocycles. The van der Waals surface area contributed by atoms with Crippen molar-refractivity contribution in [1.29, 1.82) is 0 Å². The van der Waals surface area contributed by atoms with Crippen LogP contribution in [-0.4, -0.2) is 53.2 Å². The first-order valence-electron chi connectivity index (χ1n) is 9.12. The van der Waals surface area contributed by atoms with Crippen LogP contribution in [0.2, 0.25) is 0 Å². The Morgan fingerprint density at radius 3 is 2.88 bits per heavy atom. The van der Waals surface area contributed by atoms with E-state index in [0.29, 0.717) is 30.5 Å². The fourth-order valence-electron chi connectivity index (χ4n) is 3.47. The zero-order valence-corrected chi connectivity index (χ0v) is 16.6. The molecule has 1 aliphatic carbocycles. The van der Waals surface area contributed by atoms with Gasteiger partial charge in [0.1, 0.15) is 0 Å². The lowest BCUT2D eigenvalue weighted by Crippen LogP contribution is -2.32. The number of nitrogens with zero attached hydrogens (tertiary/aromatic N) is 3. The van der Waals surface area contributed by atoms with Crippen molar-refractivity contribution >= 4 is 27.5 Å². The predicted octanol–water partition coefficient (Wildman–Crippen LogP) is 2.45. The van der Waals surface area contributed by atoms with Gasteiger partial charge in [-0.25, -0.2) is 8.42 Å². The molecule has 1 aromatic heterocycles. The van der Waals surface area contributed by atoms with Crippen molar-refractivity contribution < 1.29 is 17.6 Å². The molecule has 1 unspecified atom stereocenters. The average molecular weight is 400 g/mol. The maximum Gasteiger partial charge on any atom is 0.277 e. The highest BCUT2D eigenvalue weighted by Gasteiger charge is 2.29. The molecule has 1 aromatic rings. The number of rotatable bonds is 7. The highest BCUT2D eigenvalue weighted by molar-refractivity contribution is 7.99. The number of thioether (sulfide) groups is 1. The Morgan fingerprint density at radius 2 is 2.23 bits per heavy atom. The van der Waals surface area contributed by atoms with Gasteiger partial charge in [-0.1, -0.05) is 17.8 Å². The quantitative estimate of drug-likeness (QED) is 0.650. The zero-order valence-electron chi connectivity index (χ0n) is 15.0. The van der Waals surface area contributed by atoms with E-state index in [-0.39, 0.29) is 29.1 Å². The molecule has 0 saturated carbocycles. The van der Waals surface area contributed by atoms with Gasteiger partial charge < -0.3 is 9.32 Å². The van der Waals surface area contributed by atoms with Crippen LogP contribution in [0.3, 0.4) is 0 Å². The van der Waals surface area contributed by atoms with Crippen LogP contribution in [-0.2, 0) is 21.1 Å². The van der Waals surface area contributed by atoms with Gasteiger partial charge in [-0.2, -0.15) is 0 Å². The molecule has 0 radical (unpaired) electrons. The minimum Gasteiger partial charge on any atom is -0.416 e. The molecule has 9 heteroatoms. The minimum absolute atomic E-state index is 0.0484. The number of hydrogen-bond acceptors (Lipinski definition) is 7. The van der Waals surface area contributed by atoms with E-state index in [1.165, 1.54) is 18.2 Å². The van der Waals surface area contributed by atoms with E-state index >= 15 is 0 Å². The first kappa shape index (κ1) is 19.4. The SMILES string of the molecule is CCN(C(=O)CSc1nnc(CC2CCS(=O)(=O)C2)o1)C1=CCCCC1. The summed E-state index contributed by atoms with van der Waals surface area (Å²) in [4.78, 5) is 14.4. The molecule has 0 aromatic carbocycles. The second-order valence-electron chi connectivity index (χ2n) is 6.80. The summed E-state index contributed by atoms with van der Waals surface area (Å²) < 4.78 is 28.6. The molecule has 144 valence electrons. The average Bonchev–Trinajstić information content (AvgIpc) is 3.21. The molecular formula is C17H25N3O4S2. The van der Waals surface area contributed by atoms with E-state index in [2.05, 4.69) is 16.3 Å². The van der Waals surface area contributed by atoms with Gasteiger partial charge in [0.2, 0.25) is 11.8 Å². The van der Waals surface area contributed by atoms with Crippen LogP contribution in [0.25, 0.3) is 0 Å². The maximum atomic E-state index is 12.5. The van der Waals surface area contributed by atoms with Gasteiger partial charge in [-0.05, 0) is 44.9 Å². The summed E-state index contributed by atoms with van der Waals surface area (Å²) in [5.41, 5.74) is 1.12. The molecule has 7 nitrogen and oxygen atoms in total. The van der Waals surface area contributed by atoms with E-state index in [9.17, 15) is 13.2 Å². The van der Waals surface area contributed by atoms with Gasteiger partial charge in [0.15, 0.2) is 9.84 Å². The van der Waals surface area contributed by atoms with Crippen LogP contribution in [0.15, 0.2) is 21.4 Å². The number of aromatic nitrogens is 2. The molecule has 26 heavy (non-hydrogen) atoms.